The highest BCUT2D eigenvalue weighted by molar-refractivity contribution is 5.54. The summed E-state index contributed by atoms with van der Waals surface area (Å²) in [6.07, 6.45) is 3.41. The van der Waals surface area contributed by atoms with E-state index in [0.29, 0.717) is 18.3 Å². The Labute approximate surface area is 114 Å². The molecule has 6 heteroatoms. The van der Waals surface area contributed by atoms with E-state index < -0.39 is 0 Å². The minimum atomic E-state index is -0.245. The summed E-state index contributed by atoms with van der Waals surface area (Å²) in [5.41, 5.74) is 1.83. The number of pyridine rings is 1. The van der Waals surface area contributed by atoms with E-state index in [1.54, 1.807) is 24.5 Å². The summed E-state index contributed by atoms with van der Waals surface area (Å²) in [5, 5.41) is 9.99. The minimum Gasteiger partial charge on any atom is -0.349 e. The smallest absolute Gasteiger partial charge is 0.242 e. The van der Waals surface area contributed by atoms with Crippen molar-refractivity contribution >= 4 is 5.95 Å². The molecule has 0 saturated carbocycles. The molecule has 0 radical (unpaired) electrons. The van der Waals surface area contributed by atoms with Crippen LogP contribution in [0.3, 0.4) is 0 Å². The van der Waals surface area contributed by atoms with Crippen LogP contribution >= 0.6 is 0 Å². The first kappa shape index (κ1) is 12.3. The average molecular weight is 269 g/mol. The van der Waals surface area contributed by atoms with Crippen LogP contribution in [0.5, 0.6) is 0 Å². The topological polar surface area (TPSA) is 66.5 Å². The molecule has 0 aliphatic carbocycles. The Kier molecular flexibility index (Phi) is 3.36. The maximum absolute atomic E-state index is 12.8. The van der Waals surface area contributed by atoms with Gasteiger partial charge in [-0.25, -0.2) is 4.39 Å². The van der Waals surface area contributed by atoms with Crippen molar-refractivity contribution < 1.29 is 4.39 Å². The van der Waals surface area contributed by atoms with E-state index in [9.17, 15) is 4.39 Å². The maximum atomic E-state index is 12.8. The van der Waals surface area contributed by atoms with E-state index in [-0.39, 0.29) is 5.82 Å². The van der Waals surface area contributed by atoms with Crippen LogP contribution in [0.2, 0.25) is 0 Å². The predicted molar refractivity (Wildman–Crippen MR) is 73.3 cm³/mol. The van der Waals surface area contributed by atoms with Crippen molar-refractivity contribution in [3.63, 3.8) is 0 Å². The zero-order valence-corrected chi connectivity index (χ0v) is 10.5. The molecule has 0 saturated heterocycles. The Bertz CT molecular complexity index is 678. The first-order valence-corrected chi connectivity index (χ1v) is 6.12. The molecular weight excluding hydrogens is 257 g/mol. The fourth-order valence-electron chi connectivity index (χ4n) is 1.76. The van der Waals surface area contributed by atoms with Gasteiger partial charge in [-0.1, -0.05) is 12.1 Å². The van der Waals surface area contributed by atoms with Gasteiger partial charge < -0.3 is 5.32 Å². The summed E-state index contributed by atoms with van der Waals surface area (Å²) < 4.78 is 12.8. The molecule has 5 nitrogen and oxygen atoms in total. The summed E-state index contributed by atoms with van der Waals surface area (Å²) in [5.74, 6) is 0.901. The van der Waals surface area contributed by atoms with Crippen LogP contribution in [0, 0.1) is 5.82 Å². The van der Waals surface area contributed by atoms with Crippen LogP contribution in [0.25, 0.3) is 11.4 Å². The van der Waals surface area contributed by atoms with Crippen molar-refractivity contribution in [3.8, 4) is 11.4 Å². The average Bonchev–Trinajstić information content (AvgIpc) is 2.97. The van der Waals surface area contributed by atoms with Gasteiger partial charge in [-0.15, -0.1) is 5.10 Å². The Hall–Kier alpha value is -2.76. The number of hydrogen-bond donors (Lipinski definition) is 2. The zero-order chi connectivity index (χ0) is 13.8. The summed E-state index contributed by atoms with van der Waals surface area (Å²) in [6, 6.07) is 10.0. The number of aromatic amines is 1. The maximum Gasteiger partial charge on any atom is 0.242 e. The molecule has 0 bridgehead atoms. The number of benzene rings is 1. The Morgan fingerprint density at radius 3 is 2.75 bits per heavy atom. The molecule has 2 N–H and O–H groups in total. The van der Waals surface area contributed by atoms with Crippen molar-refractivity contribution in [3.05, 3.63) is 60.2 Å². The van der Waals surface area contributed by atoms with E-state index in [0.717, 1.165) is 11.1 Å². The Morgan fingerprint density at radius 2 is 2.00 bits per heavy atom. The van der Waals surface area contributed by atoms with Gasteiger partial charge in [-0.2, -0.15) is 4.98 Å². The minimum absolute atomic E-state index is 0.245. The molecule has 0 aliphatic heterocycles. The van der Waals surface area contributed by atoms with Crippen LogP contribution in [0.15, 0.2) is 48.8 Å². The lowest BCUT2D eigenvalue weighted by Crippen LogP contribution is -2.00. The second-order valence-electron chi connectivity index (χ2n) is 4.23. The number of halogens is 1. The molecule has 0 aliphatic rings. The predicted octanol–water partition coefficient (Wildman–Crippen LogP) is 2.62. The quantitative estimate of drug-likeness (QED) is 0.764. The molecule has 100 valence electrons. The molecule has 3 rings (SSSR count). The summed E-state index contributed by atoms with van der Waals surface area (Å²) >= 11 is 0. The first-order chi connectivity index (χ1) is 9.81. The lowest BCUT2D eigenvalue weighted by molar-refractivity contribution is 0.627. The number of anilines is 1. The second-order valence-corrected chi connectivity index (χ2v) is 4.23. The molecule has 1 aromatic carbocycles. The number of hydrogen-bond acceptors (Lipinski definition) is 4. The third kappa shape index (κ3) is 2.80. The van der Waals surface area contributed by atoms with Gasteiger partial charge in [0.1, 0.15) is 5.82 Å². The summed E-state index contributed by atoms with van der Waals surface area (Å²) in [4.78, 5) is 8.35. The summed E-state index contributed by atoms with van der Waals surface area (Å²) in [7, 11) is 0. The summed E-state index contributed by atoms with van der Waals surface area (Å²) in [6.45, 7) is 0.532. The molecule has 2 heterocycles. The van der Waals surface area contributed by atoms with E-state index >= 15 is 0 Å². The first-order valence-electron chi connectivity index (χ1n) is 6.12. The third-order valence-corrected chi connectivity index (χ3v) is 2.78. The van der Waals surface area contributed by atoms with Gasteiger partial charge >= 0.3 is 0 Å². The molecular formula is C14H12FN5. The van der Waals surface area contributed by atoms with Crippen LogP contribution in [0.4, 0.5) is 10.3 Å². The number of nitrogens with one attached hydrogen (secondary N) is 2. The standard InChI is InChI=1S/C14H12FN5/c15-12-5-3-10(4-6-12)8-17-14-18-13(19-20-14)11-2-1-7-16-9-11/h1-7,9H,8H2,(H2,17,18,19,20). The van der Waals surface area contributed by atoms with Crippen molar-refractivity contribution in [1.29, 1.82) is 0 Å². The highest BCUT2D eigenvalue weighted by Gasteiger charge is 2.05. The number of aromatic nitrogens is 4. The highest BCUT2D eigenvalue weighted by atomic mass is 19.1. The number of rotatable bonds is 4. The van der Waals surface area contributed by atoms with E-state index in [4.69, 9.17) is 0 Å². The molecule has 20 heavy (non-hydrogen) atoms. The normalized spacial score (nSPS) is 10.4. The monoisotopic (exact) mass is 269 g/mol. The SMILES string of the molecule is Fc1ccc(CNc2n[nH]c(-c3cccnc3)n2)cc1. The van der Waals surface area contributed by atoms with E-state index in [2.05, 4.69) is 25.5 Å². The molecule has 3 aromatic rings. The van der Waals surface area contributed by atoms with Crippen molar-refractivity contribution in [2.75, 3.05) is 5.32 Å². The fraction of sp³-hybridized carbons (Fsp3) is 0.0714. The molecule has 2 aromatic heterocycles. The highest BCUT2D eigenvalue weighted by Crippen LogP contribution is 2.14. The Balaban J connectivity index is 1.67. The van der Waals surface area contributed by atoms with Crippen LogP contribution in [0.1, 0.15) is 5.56 Å². The van der Waals surface area contributed by atoms with Crippen LogP contribution < -0.4 is 5.32 Å². The van der Waals surface area contributed by atoms with Crippen molar-refractivity contribution in [2.24, 2.45) is 0 Å². The lowest BCUT2D eigenvalue weighted by atomic mass is 10.2. The fourth-order valence-corrected chi connectivity index (χ4v) is 1.76. The van der Waals surface area contributed by atoms with Gasteiger partial charge in [-0.3, -0.25) is 10.1 Å². The van der Waals surface area contributed by atoms with Gasteiger partial charge in [0.05, 0.1) is 0 Å². The number of nitrogens with zero attached hydrogens (tertiary/aromatic N) is 3. The third-order valence-electron chi connectivity index (χ3n) is 2.78. The molecule has 0 atom stereocenters. The van der Waals surface area contributed by atoms with Gasteiger partial charge in [0.15, 0.2) is 5.82 Å². The van der Waals surface area contributed by atoms with E-state index in [1.807, 2.05) is 12.1 Å². The van der Waals surface area contributed by atoms with Gasteiger partial charge in [0, 0.05) is 24.5 Å². The largest absolute Gasteiger partial charge is 0.349 e. The lowest BCUT2D eigenvalue weighted by Gasteiger charge is -2.01. The number of H-pyrrole nitrogens is 1. The van der Waals surface area contributed by atoms with E-state index in [1.165, 1.54) is 12.1 Å². The zero-order valence-electron chi connectivity index (χ0n) is 10.5. The molecule has 0 spiro atoms. The van der Waals surface area contributed by atoms with Crippen molar-refractivity contribution in [2.45, 2.75) is 6.54 Å². The molecule has 0 amide bonds. The van der Waals surface area contributed by atoms with Gasteiger partial charge in [0.2, 0.25) is 5.95 Å². The Morgan fingerprint density at radius 1 is 1.15 bits per heavy atom. The van der Waals surface area contributed by atoms with Gasteiger partial charge in [-0.05, 0) is 29.8 Å². The molecule has 0 fully saturated rings. The van der Waals surface area contributed by atoms with Gasteiger partial charge in [0.25, 0.3) is 0 Å². The van der Waals surface area contributed by atoms with Crippen LogP contribution in [-0.2, 0) is 6.54 Å². The molecule has 0 unspecified atom stereocenters. The van der Waals surface area contributed by atoms with Crippen molar-refractivity contribution in [1.82, 2.24) is 20.2 Å². The second kappa shape index (κ2) is 5.48. The van der Waals surface area contributed by atoms with Crippen LogP contribution in [-0.4, -0.2) is 20.2 Å².